The van der Waals surface area contributed by atoms with Gasteiger partial charge in [0.25, 0.3) is 0 Å². The normalized spacial score (nSPS) is 12.0. The van der Waals surface area contributed by atoms with Gasteiger partial charge in [0.05, 0.1) is 21.4 Å². The first-order valence-corrected chi connectivity index (χ1v) is 11.8. The molecule has 0 bridgehead atoms. The van der Waals surface area contributed by atoms with Crippen molar-refractivity contribution in [3.63, 3.8) is 0 Å². The molecule has 31 heavy (non-hydrogen) atoms. The molecule has 1 aromatic heterocycles. The Kier molecular flexibility index (Phi) is 7.07. The second-order valence-electron chi connectivity index (χ2n) is 6.60. The Bertz CT molecular complexity index is 1220. The molecule has 0 spiro atoms. The first kappa shape index (κ1) is 22.5. The summed E-state index contributed by atoms with van der Waals surface area (Å²) in [4.78, 5) is 17.4. The second-order valence-corrected chi connectivity index (χ2v) is 9.35. The molecule has 7 nitrogen and oxygen atoms in total. The van der Waals surface area contributed by atoms with E-state index in [1.807, 2.05) is 37.3 Å². The van der Waals surface area contributed by atoms with Crippen LogP contribution in [0.5, 0.6) is 0 Å². The van der Waals surface area contributed by atoms with E-state index in [0.29, 0.717) is 22.7 Å². The van der Waals surface area contributed by atoms with Crippen LogP contribution in [0.25, 0.3) is 11.3 Å². The zero-order valence-electron chi connectivity index (χ0n) is 16.6. The van der Waals surface area contributed by atoms with Crippen LogP contribution in [0.2, 0.25) is 0 Å². The summed E-state index contributed by atoms with van der Waals surface area (Å²) in [6, 6.07) is 20.8. The Labute approximate surface area is 185 Å². The van der Waals surface area contributed by atoms with E-state index in [9.17, 15) is 18.5 Å². The van der Waals surface area contributed by atoms with Crippen molar-refractivity contribution in [1.29, 1.82) is 5.26 Å². The van der Waals surface area contributed by atoms with Crippen molar-refractivity contribution in [3.05, 3.63) is 72.3 Å². The van der Waals surface area contributed by atoms with Gasteiger partial charge in [-0.15, -0.1) is 0 Å². The van der Waals surface area contributed by atoms with Gasteiger partial charge in [0, 0.05) is 11.3 Å². The third-order valence-corrected chi connectivity index (χ3v) is 6.71. The molecule has 0 radical (unpaired) electrons. The van der Waals surface area contributed by atoms with E-state index in [2.05, 4.69) is 16.4 Å². The molecule has 1 heterocycles. The maximum Gasteiger partial charge on any atom is 0.238 e. The van der Waals surface area contributed by atoms with Gasteiger partial charge in [-0.1, -0.05) is 49.0 Å². The van der Waals surface area contributed by atoms with Crippen molar-refractivity contribution >= 4 is 33.4 Å². The van der Waals surface area contributed by atoms with Crippen LogP contribution < -0.4 is 10.5 Å². The Morgan fingerprint density at radius 1 is 1.13 bits per heavy atom. The van der Waals surface area contributed by atoms with Crippen molar-refractivity contribution in [2.75, 3.05) is 5.32 Å². The van der Waals surface area contributed by atoms with E-state index in [4.69, 9.17) is 5.14 Å². The number of carbonyl (C=O) groups excluding carboxylic acids is 1. The van der Waals surface area contributed by atoms with Crippen LogP contribution in [0.4, 0.5) is 5.69 Å². The lowest BCUT2D eigenvalue weighted by atomic mass is 10.1. The summed E-state index contributed by atoms with van der Waals surface area (Å²) in [5.41, 5.74) is 2.48. The second kappa shape index (κ2) is 9.75. The van der Waals surface area contributed by atoms with Gasteiger partial charge in [0.2, 0.25) is 15.9 Å². The molecule has 0 aliphatic carbocycles. The van der Waals surface area contributed by atoms with Crippen molar-refractivity contribution in [1.82, 2.24) is 4.98 Å². The monoisotopic (exact) mass is 452 g/mol. The molecule has 2 aromatic carbocycles. The van der Waals surface area contributed by atoms with E-state index in [1.54, 1.807) is 12.1 Å². The summed E-state index contributed by atoms with van der Waals surface area (Å²) in [5.74, 6) is -0.272. The number of primary sulfonamides is 1. The molecule has 0 aliphatic heterocycles. The molecule has 3 N–H and O–H groups in total. The lowest BCUT2D eigenvalue weighted by molar-refractivity contribution is -0.115. The number of hydrogen-bond donors (Lipinski definition) is 2. The average Bonchev–Trinajstić information content (AvgIpc) is 2.77. The number of anilines is 1. The van der Waals surface area contributed by atoms with Crippen molar-refractivity contribution in [2.45, 2.75) is 28.5 Å². The lowest BCUT2D eigenvalue weighted by Gasteiger charge is -2.16. The topological polar surface area (TPSA) is 126 Å². The number of sulfonamides is 1. The van der Waals surface area contributed by atoms with E-state index >= 15 is 0 Å². The predicted octanol–water partition coefficient (Wildman–Crippen LogP) is 3.78. The van der Waals surface area contributed by atoms with E-state index in [0.717, 1.165) is 11.3 Å². The number of amides is 1. The van der Waals surface area contributed by atoms with Gasteiger partial charge in [-0.2, -0.15) is 5.26 Å². The number of aromatic nitrogens is 1. The van der Waals surface area contributed by atoms with Gasteiger partial charge in [-0.3, -0.25) is 4.79 Å². The number of carbonyl (C=O) groups is 1. The summed E-state index contributed by atoms with van der Waals surface area (Å²) in [6.45, 7) is 1.87. The van der Waals surface area contributed by atoms with Gasteiger partial charge < -0.3 is 5.32 Å². The number of nitriles is 1. The number of benzene rings is 2. The smallest absolute Gasteiger partial charge is 0.238 e. The molecule has 3 aromatic rings. The molecule has 0 fully saturated rings. The molecule has 1 atom stereocenters. The first-order valence-electron chi connectivity index (χ1n) is 9.38. The summed E-state index contributed by atoms with van der Waals surface area (Å²) in [6.07, 6.45) is 0.508. The van der Waals surface area contributed by atoms with Crippen LogP contribution in [-0.2, 0) is 14.8 Å². The first-order chi connectivity index (χ1) is 14.8. The highest BCUT2D eigenvalue weighted by Gasteiger charge is 2.21. The Morgan fingerprint density at radius 3 is 2.39 bits per heavy atom. The van der Waals surface area contributed by atoms with Crippen LogP contribution in [0.15, 0.2) is 76.7 Å². The van der Waals surface area contributed by atoms with Crippen LogP contribution in [0, 0.1) is 11.3 Å². The summed E-state index contributed by atoms with van der Waals surface area (Å²) in [7, 11) is -3.80. The summed E-state index contributed by atoms with van der Waals surface area (Å²) < 4.78 is 22.7. The Hall–Kier alpha value is -3.19. The minimum absolute atomic E-state index is 0.0347. The molecule has 0 aliphatic rings. The number of hydrogen-bond acceptors (Lipinski definition) is 6. The predicted molar refractivity (Wildman–Crippen MR) is 121 cm³/mol. The lowest BCUT2D eigenvalue weighted by Crippen LogP contribution is -2.25. The van der Waals surface area contributed by atoms with Gasteiger partial charge in [0.15, 0.2) is 0 Å². The maximum atomic E-state index is 12.8. The molecule has 9 heteroatoms. The molecular formula is C22H20N4O3S2. The number of nitrogens with two attached hydrogens (primary N) is 1. The fourth-order valence-electron chi connectivity index (χ4n) is 2.79. The van der Waals surface area contributed by atoms with Crippen LogP contribution in [0.3, 0.4) is 0 Å². The Balaban J connectivity index is 1.80. The van der Waals surface area contributed by atoms with Gasteiger partial charge >= 0.3 is 0 Å². The van der Waals surface area contributed by atoms with Crippen LogP contribution >= 0.6 is 11.8 Å². The molecule has 1 amide bonds. The number of pyridine rings is 1. The van der Waals surface area contributed by atoms with Gasteiger partial charge in [-0.25, -0.2) is 18.5 Å². The average molecular weight is 453 g/mol. The highest BCUT2D eigenvalue weighted by atomic mass is 32.2. The Morgan fingerprint density at radius 2 is 1.81 bits per heavy atom. The highest BCUT2D eigenvalue weighted by molar-refractivity contribution is 8.00. The fourth-order valence-corrected chi connectivity index (χ4v) is 4.30. The number of nitrogens with zero attached hydrogens (tertiary/aromatic N) is 2. The van der Waals surface area contributed by atoms with E-state index in [1.165, 1.54) is 36.0 Å². The summed E-state index contributed by atoms with van der Waals surface area (Å²) >= 11 is 1.22. The maximum absolute atomic E-state index is 12.8. The minimum Gasteiger partial charge on any atom is -0.325 e. The standard InChI is InChI=1S/C22H20N4O3S2/c1-2-20(21(27)25-17-9-11-18(12-10-17)31(24,28)29)30-22-16(14-23)8-13-19(26-22)15-6-4-3-5-7-15/h3-13,20H,2H2,1H3,(H,25,27)(H2,24,28,29). The largest absolute Gasteiger partial charge is 0.325 e. The molecular weight excluding hydrogens is 432 g/mol. The van der Waals surface area contributed by atoms with Gasteiger partial charge in [-0.05, 0) is 42.8 Å². The van der Waals surface area contributed by atoms with E-state index < -0.39 is 15.3 Å². The SMILES string of the molecule is CCC(Sc1nc(-c2ccccc2)ccc1C#N)C(=O)Nc1ccc(S(N)(=O)=O)cc1. The third kappa shape index (κ3) is 5.70. The number of rotatable bonds is 7. The van der Waals surface area contributed by atoms with Crippen molar-refractivity contribution in [2.24, 2.45) is 5.14 Å². The van der Waals surface area contributed by atoms with Crippen LogP contribution in [0.1, 0.15) is 18.9 Å². The minimum atomic E-state index is -3.80. The summed E-state index contributed by atoms with van der Waals surface area (Å²) in [5, 5.41) is 17.3. The molecule has 3 rings (SSSR count). The zero-order valence-corrected chi connectivity index (χ0v) is 18.3. The van der Waals surface area contributed by atoms with E-state index in [-0.39, 0.29) is 10.8 Å². The van der Waals surface area contributed by atoms with Crippen molar-refractivity contribution in [3.8, 4) is 17.3 Å². The molecule has 158 valence electrons. The van der Waals surface area contributed by atoms with Gasteiger partial charge in [0.1, 0.15) is 11.1 Å². The highest BCUT2D eigenvalue weighted by Crippen LogP contribution is 2.30. The molecule has 1 unspecified atom stereocenters. The fraction of sp³-hybridized carbons (Fsp3) is 0.136. The molecule has 0 saturated carbocycles. The van der Waals surface area contributed by atoms with Crippen LogP contribution in [-0.4, -0.2) is 24.6 Å². The quantitative estimate of drug-likeness (QED) is 0.526. The third-order valence-electron chi connectivity index (χ3n) is 4.42. The molecule has 0 saturated heterocycles. The number of thioether (sulfide) groups is 1. The number of nitrogens with one attached hydrogen (secondary N) is 1. The van der Waals surface area contributed by atoms with Crippen molar-refractivity contribution < 1.29 is 13.2 Å². The zero-order chi connectivity index (χ0) is 22.4.